The van der Waals surface area contributed by atoms with E-state index in [-0.39, 0.29) is 60.6 Å². The number of aromatic amines is 1. The molecule has 3 amide bonds. The topological polar surface area (TPSA) is 226 Å². The van der Waals surface area contributed by atoms with Gasteiger partial charge in [-0.25, -0.2) is 28.1 Å². The zero-order chi connectivity index (χ0) is 46.2. The van der Waals surface area contributed by atoms with E-state index in [1.54, 1.807) is 42.4 Å². The van der Waals surface area contributed by atoms with E-state index >= 15 is 13.2 Å². The van der Waals surface area contributed by atoms with Gasteiger partial charge in [0, 0.05) is 112 Å². The minimum absolute atomic E-state index is 0.0785. The number of imide groups is 1. The molecule has 0 bridgehead atoms. The highest BCUT2D eigenvalue weighted by Crippen LogP contribution is 2.33. The molecule has 3 saturated heterocycles. The average molecular weight is 918 g/mol. The molecule has 8 rings (SSSR count). The lowest BCUT2D eigenvalue weighted by Gasteiger charge is -2.41. The first kappa shape index (κ1) is 44.9. The second-order valence-corrected chi connectivity index (χ2v) is 18.1. The maximum atomic E-state index is 15.6. The summed E-state index contributed by atoms with van der Waals surface area (Å²) in [5, 5.41) is 16.9. The predicted molar refractivity (Wildman–Crippen MR) is 234 cm³/mol. The number of amides is 3. The van der Waals surface area contributed by atoms with Crippen LogP contribution in [0.2, 0.25) is 0 Å². The normalized spacial score (nSPS) is 18.0. The van der Waals surface area contributed by atoms with Crippen LogP contribution >= 0.6 is 0 Å². The molecule has 5 aromatic rings. The van der Waals surface area contributed by atoms with Crippen LogP contribution in [0.4, 0.5) is 36.2 Å². The highest BCUT2D eigenvalue weighted by atomic mass is 32.2. The Kier molecular flexibility index (Phi) is 12.5. The van der Waals surface area contributed by atoms with E-state index in [4.69, 9.17) is 0 Å². The van der Waals surface area contributed by atoms with Gasteiger partial charge in [0.05, 0.1) is 29.0 Å². The van der Waals surface area contributed by atoms with E-state index in [0.717, 1.165) is 16.4 Å². The van der Waals surface area contributed by atoms with Crippen LogP contribution in [0.3, 0.4) is 0 Å². The molecule has 0 saturated carbocycles. The summed E-state index contributed by atoms with van der Waals surface area (Å²) in [7, 11) is -2.89. The smallest absolute Gasteiger partial charge is 0.301 e. The number of rotatable bonds is 13. The standard InChI is InChI=1S/C43H46F3N11O7S/c1-3-54(2)65(63,64)53-32-6-5-30(44)37(38(32)46)39(60)29-24-48-40-28(29)18-25(21-47-40)26-22-49-42(50-23-26)57-16-14-56(15-17-57)36(59)20-43(62)10-12-55(13-11-43)34-8-4-27(19-31(34)45)51-33-7-9-35(58)52-41(33)61/h4-6,8,18-19,21-24,33,51,53,62H,3,7,9-17,20H2,1-2H3,(H,47,48)(H,52,58,61)/t33-/m0/s1. The van der Waals surface area contributed by atoms with Crippen molar-refractivity contribution < 1.29 is 45.9 Å². The average Bonchev–Trinajstić information content (AvgIpc) is 3.72. The summed E-state index contributed by atoms with van der Waals surface area (Å²) in [5.41, 5.74) is -0.826. The monoisotopic (exact) mass is 917 g/mol. The molecule has 5 N–H and O–H groups in total. The Labute approximate surface area is 371 Å². The third kappa shape index (κ3) is 9.45. The van der Waals surface area contributed by atoms with E-state index < -0.39 is 62.2 Å². The number of pyridine rings is 1. The van der Waals surface area contributed by atoms with Crippen molar-refractivity contribution in [3.05, 3.63) is 89.8 Å². The van der Waals surface area contributed by atoms with Crippen molar-refractivity contribution in [2.75, 3.05) is 72.7 Å². The Morgan fingerprint density at radius 3 is 2.31 bits per heavy atom. The predicted octanol–water partition coefficient (Wildman–Crippen LogP) is 3.56. The minimum atomic E-state index is -4.17. The van der Waals surface area contributed by atoms with Gasteiger partial charge < -0.3 is 30.1 Å². The van der Waals surface area contributed by atoms with Gasteiger partial charge in [0.2, 0.25) is 29.5 Å². The molecule has 22 heteroatoms. The zero-order valence-corrected chi connectivity index (χ0v) is 36.2. The lowest BCUT2D eigenvalue weighted by atomic mass is 9.87. The van der Waals surface area contributed by atoms with Gasteiger partial charge in [0.1, 0.15) is 23.3 Å². The molecule has 6 heterocycles. The van der Waals surface area contributed by atoms with Gasteiger partial charge in [0.15, 0.2) is 5.82 Å². The first-order valence-electron chi connectivity index (χ1n) is 21.0. The Morgan fingerprint density at radius 1 is 0.923 bits per heavy atom. The van der Waals surface area contributed by atoms with Gasteiger partial charge in [-0.2, -0.15) is 12.7 Å². The van der Waals surface area contributed by atoms with Crippen molar-refractivity contribution in [2.45, 2.75) is 50.7 Å². The first-order valence-corrected chi connectivity index (χ1v) is 22.4. The number of hydrogen-bond acceptors (Lipinski definition) is 13. The number of carbonyl (C=O) groups is 4. The Balaban J connectivity index is 0.851. The van der Waals surface area contributed by atoms with Crippen LogP contribution in [0.5, 0.6) is 0 Å². The molecule has 1 atom stereocenters. The van der Waals surface area contributed by atoms with E-state index in [1.165, 1.54) is 25.5 Å². The third-order valence-corrected chi connectivity index (χ3v) is 13.7. The molecule has 0 radical (unpaired) electrons. The number of ketones is 1. The molecular formula is C43H46F3N11O7S. The molecule has 2 aromatic carbocycles. The molecule has 0 aliphatic carbocycles. The number of piperazine rings is 1. The number of H-pyrrole nitrogens is 1. The van der Waals surface area contributed by atoms with Crippen LogP contribution in [0, 0.1) is 17.5 Å². The minimum Gasteiger partial charge on any atom is -0.389 e. The van der Waals surface area contributed by atoms with Crippen molar-refractivity contribution in [1.29, 1.82) is 0 Å². The number of aromatic nitrogens is 4. The molecule has 3 aliphatic heterocycles. The van der Waals surface area contributed by atoms with Crippen LogP contribution < -0.4 is 25.2 Å². The SMILES string of the molecule is CCN(C)S(=O)(=O)Nc1ccc(F)c(C(=O)c2c[nH]c3ncc(-c4cnc(N5CCN(C(=O)CC6(O)CCN(c7ccc(N[C@H]8CCC(=O)NC8=O)cc7F)CC6)CC5)nc4)cc23)c1F. The van der Waals surface area contributed by atoms with Gasteiger partial charge in [-0.3, -0.25) is 29.2 Å². The summed E-state index contributed by atoms with van der Waals surface area (Å²) in [6.45, 7) is 3.91. The summed E-state index contributed by atoms with van der Waals surface area (Å²) in [6, 6.07) is 7.25. The van der Waals surface area contributed by atoms with Crippen LogP contribution in [0.15, 0.2) is 61.2 Å². The fraction of sp³-hybridized carbons (Fsp3) is 0.372. The van der Waals surface area contributed by atoms with Gasteiger partial charge >= 0.3 is 10.2 Å². The van der Waals surface area contributed by atoms with Gasteiger partial charge in [0.25, 0.3) is 0 Å². The molecule has 3 fully saturated rings. The molecule has 3 aromatic heterocycles. The number of carbonyl (C=O) groups excluding carboxylic acids is 4. The molecule has 0 unspecified atom stereocenters. The number of fused-ring (bicyclic) bond motifs is 1. The second-order valence-electron chi connectivity index (χ2n) is 16.3. The number of nitrogens with zero attached hydrogens (tertiary/aromatic N) is 7. The lowest BCUT2D eigenvalue weighted by molar-refractivity contribution is -0.138. The van der Waals surface area contributed by atoms with E-state index in [9.17, 15) is 32.7 Å². The number of hydrogen-bond donors (Lipinski definition) is 5. The van der Waals surface area contributed by atoms with E-state index in [1.807, 2.05) is 9.80 Å². The second kappa shape index (κ2) is 18.1. The summed E-state index contributed by atoms with van der Waals surface area (Å²) < 4.78 is 73.9. The highest BCUT2D eigenvalue weighted by Gasteiger charge is 2.37. The maximum absolute atomic E-state index is 15.6. The number of halogens is 3. The molecule has 65 heavy (non-hydrogen) atoms. The first-order chi connectivity index (χ1) is 31.0. The molecule has 18 nitrogen and oxygen atoms in total. The Morgan fingerprint density at radius 2 is 1.63 bits per heavy atom. The van der Waals surface area contributed by atoms with Crippen molar-refractivity contribution in [2.24, 2.45) is 0 Å². The van der Waals surface area contributed by atoms with Gasteiger partial charge in [-0.1, -0.05) is 6.92 Å². The van der Waals surface area contributed by atoms with E-state index in [2.05, 4.69) is 35.3 Å². The van der Waals surface area contributed by atoms with Crippen LogP contribution in [-0.2, 0) is 24.6 Å². The Hall–Kier alpha value is -6.65. The largest absolute Gasteiger partial charge is 0.389 e. The number of anilines is 4. The summed E-state index contributed by atoms with van der Waals surface area (Å²) in [5.74, 6) is -4.64. The van der Waals surface area contributed by atoms with Crippen molar-refractivity contribution in [3.63, 3.8) is 0 Å². The fourth-order valence-corrected chi connectivity index (χ4v) is 9.05. The Bertz CT molecular complexity index is 2780. The number of nitrogens with one attached hydrogen (secondary N) is 4. The van der Waals surface area contributed by atoms with Crippen LogP contribution in [-0.4, -0.2) is 131 Å². The van der Waals surface area contributed by atoms with Crippen LogP contribution in [0.25, 0.3) is 22.2 Å². The zero-order valence-electron chi connectivity index (χ0n) is 35.4. The molecule has 3 aliphatic rings. The summed E-state index contributed by atoms with van der Waals surface area (Å²) in [4.78, 5) is 72.3. The lowest BCUT2D eigenvalue weighted by Crippen LogP contribution is -2.52. The quantitative estimate of drug-likeness (QED) is 0.0843. The number of piperidine rings is 2. The number of benzene rings is 2. The summed E-state index contributed by atoms with van der Waals surface area (Å²) >= 11 is 0. The molecular weight excluding hydrogens is 872 g/mol. The third-order valence-electron chi connectivity index (χ3n) is 12.1. The number of aliphatic hydroxyl groups is 1. The van der Waals surface area contributed by atoms with Gasteiger partial charge in [-0.15, -0.1) is 0 Å². The van der Waals surface area contributed by atoms with Crippen molar-refractivity contribution in [1.82, 2.24) is 34.5 Å². The van der Waals surface area contributed by atoms with Crippen molar-refractivity contribution in [3.8, 4) is 11.1 Å². The molecule has 342 valence electrons. The van der Waals surface area contributed by atoms with E-state index in [0.29, 0.717) is 74.1 Å². The molecule has 0 spiro atoms. The van der Waals surface area contributed by atoms with Gasteiger partial charge in [-0.05, 0) is 55.7 Å². The summed E-state index contributed by atoms with van der Waals surface area (Å²) in [6.07, 6.45) is 6.88. The fourth-order valence-electron chi connectivity index (χ4n) is 8.12. The van der Waals surface area contributed by atoms with Crippen LogP contribution in [0.1, 0.15) is 54.9 Å². The maximum Gasteiger partial charge on any atom is 0.301 e. The van der Waals surface area contributed by atoms with Crippen molar-refractivity contribution >= 4 is 67.8 Å². The highest BCUT2D eigenvalue weighted by molar-refractivity contribution is 7.90.